The van der Waals surface area contributed by atoms with Crippen molar-refractivity contribution < 1.29 is 4.74 Å². The molecule has 0 atom stereocenters. The van der Waals surface area contributed by atoms with E-state index in [-0.39, 0.29) is 0 Å². The summed E-state index contributed by atoms with van der Waals surface area (Å²) in [5, 5.41) is 2.21. The van der Waals surface area contributed by atoms with Gasteiger partial charge in [-0.15, -0.1) is 0 Å². The fourth-order valence-corrected chi connectivity index (χ4v) is 1.99. The van der Waals surface area contributed by atoms with E-state index in [9.17, 15) is 0 Å². The number of rotatable bonds is 4. The predicted molar refractivity (Wildman–Crippen MR) is 67.0 cm³/mol. The first kappa shape index (κ1) is 12.1. The van der Waals surface area contributed by atoms with Crippen LogP contribution < -0.4 is 10.2 Å². The van der Waals surface area contributed by atoms with E-state index >= 15 is 0 Å². The number of anilines is 1. The zero-order valence-corrected chi connectivity index (χ0v) is 10.6. The molecular weight excluding hydrogens is 216 g/mol. The molecule has 94 valence electrons. The third kappa shape index (κ3) is 3.56. The molecule has 0 spiro atoms. The Morgan fingerprint density at radius 1 is 1.29 bits per heavy atom. The van der Waals surface area contributed by atoms with Gasteiger partial charge in [-0.05, 0) is 26.7 Å². The molecule has 0 saturated carbocycles. The highest BCUT2D eigenvalue weighted by Gasteiger charge is 2.11. The minimum absolute atomic E-state index is 0.625. The Morgan fingerprint density at radius 3 is 2.76 bits per heavy atom. The van der Waals surface area contributed by atoms with E-state index in [1.54, 1.807) is 0 Å². The number of ether oxygens (including phenoxy) is 1. The Balaban J connectivity index is 2.03. The van der Waals surface area contributed by atoms with Gasteiger partial charge in [-0.1, -0.05) is 6.42 Å². The Bertz CT molecular complexity index is 364. The molecule has 5 nitrogen and oxygen atoms in total. The molecule has 0 amide bonds. The van der Waals surface area contributed by atoms with Gasteiger partial charge < -0.3 is 10.2 Å². The highest BCUT2D eigenvalue weighted by molar-refractivity contribution is 5.37. The van der Waals surface area contributed by atoms with Gasteiger partial charge >= 0.3 is 0 Å². The summed E-state index contributed by atoms with van der Waals surface area (Å²) < 4.78 is 5.41. The van der Waals surface area contributed by atoms with E-state index in [0.717, 1.165) is 24.7 Å². The van der Waals surface area contributed by atoms with Crippen molar-refractivity contribution in [2.24, 2.45) is 0 Å². The van der Waals surface area contributed by atoms with Crippen molar-refractivity contribution in [3.8, 4) is 5.88 Å². The third-order valence-electron chi connectivity index (χ3n) is 2.74. The summed E-state index contributed by atoms with van der Waals surface area (Å²) in [7, 11) is 0. The first-order chi connectivity index (χ1) is 8.28. The fraction of sp³-hybridized carbons (Fsp3) is 0.667. The van der Waals surface area contributed by atoms with Crippen molar-refractivity contribution in [2.45, 2.75) is 33.1 Å². The molecule has 2 rings (SSSR count). The largest absolute Gasteiger partial charge is 0.478 e. The predicted octanol–water partition coefficient (Wildman–Crippen LogP) is 2.00. The molecule has 0 bridgehead atoms. The first-order valence-electron chi connectivity index (χ1n) is 6.28. The van der Waals surface area contributed by atoms with Gasteiger partial charge in [-0.2, -0.15) is 4.98 Å². The lowest BCUT2D eigenvalue weighted by molar-refractivity contribution is 0.271. The monoisotopic (exact) mass is 236 g/mol. The molecule has 0 unspecified atom stereocenters. The maximum absolute atomic E-state index is 5.41. The van der Waals surface area contributed by atoms with E-state index in [2.05, 4.69) is 20.4 Å². The highest BCUT2D eigenvalue weighted by Crippen LogP contribution is 2.16. The Hall–Kier alpha value is -1.36. The number of aromatic nitrogens is 2. The molecule has 1 aromatic heterocycles. The lowest BCUT2D eigenvalue weighted by Crippen LogP contribution is -2.35. The summed E-state index contributed by atoms with van der Waals surface area (Å²) in [4.78, 5) is 8.59. The Morgan fingerprint density at radius 2 is 2.06 bits per heavy atom. The lowest BCUT2D eigenvalue weighted by Gasteiger charge is -2.27. The van der Waals surface area contributed by atoms with Crippen LogP contribution in [-0.4, -0.2) is 34.7 Å². The summed E-state index contributed by atoms with van der Waals surface area (Å²) in [5.41, 5.74) is 3.32. The van der Waals surface area contributed by atoms with E-state index in [1.165, 1.54) is 19.3 Å². The minimum Gasteiger partial charge on any atom is -0.478 e. The molecule has 1 aromatic rings. The van der Waals surface area contributed by atoms with E-state index in [1.807, 2.05) is 19.9 Å². The summed E-state index contributed by atoms with van der Waals surface area (Å²) in [6, 6.07) is 1.85. The second kappa shape index (κ2) is 5.82. The van der Waals surface area contributed by atoms with Gasteiger partial charge in [0.25, 0.3) is 0 Å². The summed E-state index contributed by atoms with van der Waals surface area (Å²) in [5.74, 6) is 2.19. The van der Waals surface area contributed by atoms with E-state index < -0.39 is 0 Å². The van der Waals surface area contributed by atoms with Gasteiger partial charge in [0.1, 0.15) is 11.6 Å². The average Bonchev–Trinajstić information content (AvgIpc) is 2.30. The molecule has 1 saturated heterocycles. The van der Waals surface area contributed by atoms with Crippen molar-refractivity contribution in [3.63, 3.8) is 0 Å². The molecule has 0 aromatic carbocycles. The summed E-state index contributed by atoms with van der Waals surface area (Å²) in [6.07, 6.45) is 3.82. The van der Waals surface area contributed by atoms with Gasteiger partial charge in [-0.25, -0.2) is 9.99 Å². The zero-order valence-electron chi connectivity index (χ0n) is 10.6. The topological polar surface area (TPSA) is 50.3 Å². The van der Waals surface area contributed by atoms with Crippen LogP contribution in [-0.2, 0) is 0 Å². The summed E-state index contributed by atoms with van der Waals surface area (Å²) >= 11 is 0. The molecule has 1 fully saturated rings. The molecule has 0 radical (unpaired) electrons. The van der Waals surface area contributed by atoms with E-state index in [4.69, 9.17) is 4.74 Å². The van der Waals surface area contributed by atoms with Crippen molar-refractivity contribution in [3.05, 3.63) is 11.9 Å². The molecule has 0 aliphatic carbocycles. The lowest BCUT2D eigenvalue weighted by atomic mass is 10.2. The van der Waals surface area contributed by atoms with Gasteiger partial charge in [0.2, 0.25) is 5.88 Å². The number of aryl methyl sites for hydroxylation is 1. The molecule has 1 aliphatic heterocycles. The van der Waals surface area contributed by atoms with Crippen LogP contribution >= 0.6 is 0 Å². The zero-order chi connectivity index (χ0) is 12.1. The number of piperidine rings is 1. The minimum atomic E-state index is 0.625. The SMILES string of the molecule is CCOc1cc(NN2CCCCC2)nc(C)n1. The normalized spacial score (nSPS) is 16.8. The number of hydrogen-bond donors (Lipinski definition) is 1. The number of nitrogens with one attached hydrogen (secondary N) is 1. The van der Waals surface area contributed by atoms with Gasteiger partial charge in [0, 0.05) is 19.2 Å². The molecular formula is C12H20N4O. The van der Waals surface area contributed by atoms with Crippen LogP contribution in [0.2, 0.25) is 0 Å². The molecule has 1 N–H and O–H groups in total. The quantitative estimate of drug-likeness (QED) is 0.866. The van der Waals surface area contributed by atoms with Gasteiger partial charge in [0.05, 0.1) is 6.61 Å². The van der Waals surface area contributed by atoms with E-state index in [0.29, 0.717) is 12.5 Å². The van der Waals surface area contributed by atoms with Crippen molar-refractivity contribution in [2.75, 3.05) is 25.1 Å². The van der Waals surface area contributed by atoms with Crippen molar-refractivity contribution in [1.29, 1.82) is 0 Å². The fourth-order valence-electron chi connectivity index (χ4n) is 1.99. The standard InChI is InChI=1S/C12H20N4O/c1-3-17-12-9-11(13-10(2)14-12)15-16-7-5-4-6-8-16/h9H,3-8H2,1-2H3,(H,13,14,15). The second-order valence-electron chi connectivity index (χ2n) is 4.23. The molecule has 1 aliphatic rings. The highest BCUT2D eigenvalue weighted by atomic mass is 16.5. The molecule has 2 heterocycles. The van der Waals surface area contributed by atoms with Crippen LogP contribution in [0.5, 0.6) is 5.88 Å². The Kier molecular flexibility index (Phi) is 4.14. The Labute approximate surface area is 102 Å². The van der Waals surface area contributed by atoms with Crippen LogP contribution in [0.3, 0.4) is 0 Å². The maximum atomic E-state index is 5.41. The van der Waals surface area contributed by atoms with Crippen LogP contribution in [0.4, 0.5) is 5.82 Å². The first-order valence-corrected chi connectivity index (χ1v) is 6.28. The van der Waals surface area contributed by atoms with Crippen LogP contribution in [0.1, 0.15) is 32.0 Å². The third-order valence-corrected chi connectivity index (χ3v) is 2.74. The van der Waals surface area contributed by atoms with Crippen LogP contribution in [0.25, 0.3) is 0 Å². The number of nitrogens with zero attached hydrogens (tertiary/aromatic N) is 3. The van der Waals surface area contributed by atoms with Crippen LogP contribution in [0.15, 0.2) is 6.07 Å². The smallest absolute Gasteiger partial charge is 0.218 e. The second-order valence-corrected chi connectivity index (χ2v) is 4.23. The van der Waals surface area contributed by atoms with Gasteiger partial charge in [0.15, 0.2) is 0 Å². The van der Waals surface area contributed by atoms with Crippen molar-refractivity contribution >= 4 is 5.82 Å². The number of hydrazine groups is 1. The molecule has 5 heteroatoms. The van der Waals surface area contributed by atoms with Gasteiger partial charge in [-0.3, -0.25) is 0 Å². The maximum Gasteiger partial charge on any atom is 0.218 e. The summed E-state index contributed by atoms with van der Waals surface area (Å²) in [6.45, 7) is 6.61. The average molecular weight is 236 g/mol. The van der Waals surface area contributed by atoms with Crippen molar-refractivity contribution in [1.82, 2.24) is 15.0 Å². The number of hydrogen-bond acceptors (Lipinski definition) is 5. The van der Waals surface area contributed by atoms with Crippen LogP contribution in [0, 0.1) is 6.92 Å². The molecule has 17 heavy (non-hydrogen) atoms.